The molecule has 0 atom stereocenters. The van der Waals surface area contributed by atoms with Crippen LogP contribution in [0.3, 0.4) is 0 Å². The van der Waals surface area contributed by atoms with Crippen molar-refractivity contribution in [3.05, 3.63) is 70.5 Å². The highest BCUT2D eigenvalue weighted by molar-refractivity contribution is 6.10. The number of benzene rings is 2. The van der Waals surface area contributed by atoms with E-state index in [1.54, 1.807) is 24.3 Å². The Kier molecular flexibility index (Phi) is 3.69. The largest absolute Gasteiger partial charge is 0.288 e. The summed E-state index contributed by atoms with van der Waals surface area (Å²) < 4.78 is 39.5. The van der Waals surface area contributed by atoms with Crippen LogP contribution in [-0.4, -0.2) is 5.78 Å². The maximum absolute atomic E-state index is 13.6. The molecule has 0 saturated carbocycles. The maximum Gasteiger partial charge on any atom is 0.196 e. The molecule has 0 unspecified atom stereocenters. The molecule has 0 spiro atoms. The van der Waals surface area contributed by atoms with Gasteiger partial charge in [-0.1, -0.05) is 31.2 Å². The minimum Gasteiger partial charge on any atom is -0.288 e. The highest BCUT2D eigenvalue weighted by atomic mass is 19.2. The van der Waals surface area contributed by atoms with Crippen molar-refractivity contribution in [1.82, 2.24) is 0 Å². The lowest BCUT2D eigenvalue weighted by Crippen LogP contribution is -2.08. The summed E-state index contributed by atoms with van der Waals surface area (Å²) in [7, 11) is 0. The summed E-state index contributed by atoms with van der Waals surface area (Å²) in [6.45, 7) is 1.85. The first-order chi connectivity index (χ1) is 9.04. The number of carbonyl (C=O) groups is 1. The SMILES string of the molecule is CCc1ccccc1C(=O)c1cc(F)c(F)cc1F. The topological polar surface area (TPSA) is 17.1 Å². The molecule has 0 radical (unpaired) electrons. The highest BCUT2D eigenvalue weighted by Crippen LogP contribution is 2.20. The second-order valence-corrected chi connectivity index (χ2v) is 4.09. The second-order valence-electron chi connectivity index (χ2n) is 4.09. The van der Waals surface area contributed by atoms with Crippen LogP contribution in [0.25, 0.3) is 0 Å². The number of rotatable bonds is 3. The molecule has 0 amide bonds. The van der Waals surface area contributed by atoms with Crippen molar-refractivity contribution in [1.29, 1.82) is 0 Å². The fraction of sp³-hybridized carbons (Fsp3) is 0.133. The van der Waals surface area contributed by atoms with Crippen molar-refractivity contribution >= 4 is 5.78 Å². The van der Waals surface area contributed by atoms with Crippen LogP contribution in [0.1, 0.15) is 28.4 Å². The van der Waals surface area contributed by atoms with Crippen molar-refractivity contribution in [3.8, 4) is 0 Å². The van der Waals surface area contributed by atoms with Gasteiger partial charge in [0.25, 0.3) is 0 Å². The number of hydrogen-bond acceptors (Lipinski definition) is 1. The van der Waals surface area contributed by atoms with E-state index in [-0.39, 0.29) is 0 Å². The van der Waals surface area contributed by atoms with Crippen molar-refractivity contribution in [2.24, 2.45) is 0 Å². The zero-order chi connectivity index (χ0) is 14.0. The molecule has 0 saturated heterocycles. The predicted octanol–water partition coefficient (Wildman–Crippen LogP) is 3.90. The van der Waals surface area contributed by atoms with Gasteiger partial charge < -0.3 is 0 Å². The summed E-state index contributed by atoms with van der Waals surface area (Å²) >= 11 is 0. The van der Waals surface area contributed by atoms with Gasteiger partial charge in [-0.25, -0.2) is 13.2 Å². The fourth-order valence-corrected chi connectivity index (χ4v) is 1.89. The molecule has 0 aliphatic carbocycles. The van der Waals surface area contributed by atoms with E-state index >= 15 is 0 Å². The average molecular weight is 264 g/mol. The molecule has 2 rings (SSSR count). The number of carbonyl (C=O) groups excluding carboxylic acids is 1. The van der Waals surface area contributed by atoms with E-state index in [4.69, 9.17) is 0 Å². The van der Waals surface area contributed by atoms with E-state index in [0.717, 1.165) is 5.56 Å². The van der Waals surface area contributed by atoms with Crippen LogP contribution in [0.15, 0.2) is 36.4 Å². The van der Waals surface area contributed by atoms with Crippen LogP contribution in [0, 0.1) is 17.5 Å². The minimum absolute atomic E-state index is 0.301. The van der Waals surface area contributed by atoms with Gasteiger partial charge in [0, 0.05) is 11.6 Å². The van der Waals surface area contributed by atoms with Gasteiger partial charge in [0.1, 0.15) is 5.82 Å². The number of hydrogen-bond donors (Lipinski definition) is 0. The summed E-state index contributed by atoms with van der Waals surface area (Å²) in [5.74, 6) is -4.25. The van der Waals surface area contributed by atoms with Gasteiger partial charge in [-0.2, -0.15) is 0 Å². The van der Waals surface area contributed by atoms with Gasteiger partial charge in [-0.15, -0.1) is 0 Å². The summed E-state index contributed by atoms with van der Waals surface area (Å²) in [6.07, 6.45) is 0.590. The minimum atomic E-state index is -1.31. The molecule has 0 aliphatic rings. The number of aryl methyl sites for hydroxylation is 1. The first kappa shape index (κ1) is 13.3. The number of halogens is 3. The lowest BCUT2D eigenvalue weighted by atomic mass is 9.96. The van der Waals surface area contributed by atoms with Gasteiger partial charge in [0.2, 0.25) is 0 Å². The van der Waals surface area contributed by atoms with Crippen molar-refractivity contribution < 1.29 is 18.0 Å². The summed E-state index contributed by atoms with van der Waals surface area (Å²) in [6, 6.07) is 7.67. The van der Waals surface area contributed by atoms with Crippen LogP contribution < -0.4 is 0 Å². The molecule has 0 heterocycles. The third-order valence-corrected chi connectivity index (χ3v) is 2.90. The Morgan fingerprint density at radius 2 is 1.58 bits per heavy atom. The quantitative estimate of drug-likeness (QED) is 0.607. The molecule has 0 N–H and O–H groups in total. The molecule has 0 bridgehead atoms. The van der Waals surface area contributed by atoms with E-state index < -0.39 is 28.8 Å². The third-order valence-electron chi connectivity index (χ3n) is 2.90. The number of ketones is 1. The molecule has 0 aromatic heterocycles. The van der Waals surface area contributed by atoms with Crippen LogP contribution in [0.4, 0.5) is 13.2 Å². The molecule has 0 fully saturated rings. The van der Waals surface area contributed by atoms with Crippen molar-refractivity contribution in [3.63, 3.8) is 0 Å². The Bertz CT molecular complexity index is 635. The van der Waals surface area contributed by atoms with E-state index in [9.17, 15) is 18.0 Å². The monoisotopic (exact) mass is 264 g/mol. The third kappa shape index (κ3) is 2.52. The molecule has 19 heavy (non-hydrogen) atoms. The first-order valence-electron chi connectivity index (χ1n) is 5.81. The van der Waals surface area contributed by atoms with E-state index in [0.29, 0.717) is 24.1 Å². The molecule has 1 nitrogen and oxygen atoms in total. The summed E-state index contributed by atoms with van der Waals surface area (Å²) in [5.41, 5.74) is 0.575. The predicted molar refractivity (Wildman–Crippen MR) is 65.6 cm³/mol. The van der Waals surface area contributed by atoms with Gasteiger partial charge >= 0.3 is 0 Å². The van der Waals surface area contributed by atoms with E-state index in [2.05, 4.69) is 0 Å². The lowest BCUT2D eigenvalue weighted by Gasteiger charge is -2.08. The zero-order valence-electron chi connectivity index (χ0n) is 10.2. The van der Waals surface area contributed by atoms with Crippen molar-refractivity contribution in [2.75, 3.05) is 0 Å². The van der Waals surface area contributed by atoms with Crippen molar-refractivity contribution in [2.45, 2.75) is 13.3 Å². The van der Waals surface area contributed by atoms with Crippen LogP contribution in [-0.2, 0) is 6.42 Å². The van der Waals surface area contributed by atoms with E-state index in [1.807, 2.05) is 6.92 Å². The van der Waals surface area contributed by atoms with Gasteiger partial charge in [-0.3, -0.25) is 4.79 Å². The van der Waals surface area contributed by atoms with Crippen LogP contribution >= 0.6 is 0 Å². The smallest absolute Gasteiger partial charge is 0.196 e. The second kappa shape index (κ2) is 5.26. The normalized spacial score (nSPS) is 10.5. The molecule has 4 heteroatoms. The van der Waals surface area contributed by atoms with Crippen LogP contribution in [0.5, 0.6) is 0 Å². The molecule has 98 valence electrons. The van der Waals surface area contributed by atoms with Gasteiger partial charge in [-0.05, 0) is 18.1 Å². The molecular formula is C15H11F3O. The Labute approximate surface area is 108 Å². The summed E-state index contributed by atoms with van der Waals surface area (Å²) in [5, 5.41) is 0. The van der Waals surface area contributed by atoms with E-state index in [1.165, 1.54) is 0 Å². The molecule has 0 aliphatic heterocycles. The molecular weight excluding hydrogens is 253 g/mol. The Morgan fingerprint density at radius 3 is 2.26 bits per heavy atom. The fourth-order valence-electron chi connectivity index (χ4n) is 1.89. The lowest BCUT2D eigenvalue weighted by molar-refractivity contribution is 0.103. The van der Waals surface area contributed by atoms with Crippen LogP contribution in [0.2, 0.25) is 0 Å². The summed E-state index contributed by atoms with van der Waals surface area (Å²) in [4.78, 5) is 12.2. The highest BCUT2D eigenvalue weighted by Gasteiger charge is 2.19. The Balaban J connectivity index is 2.53. The Hall–Kier alpha value is -2.10. The van der Waals surface area contributed by atoms with Gasteiger partial charge in [0.15, 0.2) is 17.4 Å². The zero-order valence-corrected chi connectivity index (χ0v) is 10.2. The molecule has 2 aromatic carbocycles. The van der Waals surface area contributed by atoms with Gasteiger partial charge in [0.05, 0.1) is 5.56 Å². The first-order valence-corrected chi connectivity index (χ1v) is 5.81. The maximum atomic E-state index is 13.6. The standard InChI is InChI=1S/C15H11F3O/c1-2-9-5-3-4-6-10(9)15(19)11-7-13(17)14(18)8-12(11)16/h3-8H,2H2,1H3. The average Bonchev–Trinajstić information content (AvgIpc) is 2.42. The molecule has 2 aromatic rings. The Morgan fingerprint density at radius 1 is 0.947 bits per heavy atom.